The second kappa shape index (κ2) is 4.64. The molecule has 0 fully saturated rings. The van der Waals surface area contributed by atoms with Gasteiger partial charge in [-0.05, 0) is 0 Å². The second-order valence-electron chi connectivity index (χ2n) is 2.73. The summed E-state index contributed by atoms with van der Waals surface area (Å²) in [4.78, 5) is 0. The van der Waals surface area contributed by atoms with Gasteiger partial charge >= 0.3 is 79.7 Å². The summed E-state index contributed by atoms with van der Waals surface area (Å²) in [5.41, 5.74) is 1.78. The summed E-state index contributed by atoms with van der Waals surface area (Å²) >= 11 is 0.779. The first-order valence-electron chi connectivity index (χ1n) is 4.38. The van der Waals surface area contributed by atoms with Crippen LogP contribution in [0.4, 0.5) is 0 Å². The van der Waals surface area contributed by atoms with E-state index in [2.05, 4.69) is 30.8 Å². The van der Waals surface area contributed by atoms with Gasteiger partial charge in [-0.25, -0.2) is 0 Å². The monoisotopic (exact) mass is 234 g/mol. The normalized spacial score (nSPS) is 18.3. The minimum absolute atomic E-state index is 0.779. The van der Waals surface area contributed by atoms with Crippen LogP contribution in [0.5, 0.6) is 0 Å². The fraction of sp³-hybridized carbons (Fsp3) is 0.750. The van der Waals surface area contributed by atoms with Gasteiger partial charge in [0, 0.05) is 0 Å². The fourth-order valence-corrected chi connectivity index (χ4v) is 7.69. The van der Waals surface area contributed by atoms with Crippen molar-refractivity contribution in [2.45, 2.75) is 39.9 Å². The summed E-state index contributed by atoms with van der Waals surface area (Å²) in [5.74, 6) is 0.884. The van der Waals surface area contributed by atoms with Crippen LogP contribution in [0.1, 0.15) is 33.6 Å². The Bertz CT molecular complexity index is 167. The molecule has 11 heavy (non-hydrogen) atoms. The van der Waals surface area contributed by atoms with Gasteiger partial charge in [-0.1, -0.05) is 0 Å². The number of hydrogen-bond donors (Lipinski definition) is 0. The van der Waals surface area contributed by atoms with Crippen LogP contribution >= 0.6 is 10.0 Å². The zero-order chi connectivity index (χ0) is 8.27. The molecule has 0 aromatic carbocycles. The molecule has 3 heteroatoms. The summed E-state index contributed by atoms with van der Waals surface area (Å²) in [6.07, 6.45) is 3.92. The Labute approximate surface area is 79.8 Å². The molecule has 0 aromatic heterocycles. The first-order chi connectivity index (χ1) is 5.33. The molecule has 0 aliphatic carbocycles. The van der Waals surface area contributed by atoms with Crippen molar-refractivity contribution in [3.05, 3.63) is 9.94 Å². The topological polar surface area (TPSA) is 0 Å². The van der Waals surface area contributed by atoms with Crippen molar-refractivity contribution < 1.29 is 0 Å². The van der Waals surface area contributed by atoms with E-state index < -0.39 is 0 Å². The maximum atomic E-state index is 2.31. The van der Waals surface area contributed by atoms with Crippen molar-refractivity contribution >= 4 is 29.9 Å². The average Bonchev–Trinajstić information content (AvgIpc) is 2.45. The van der Waals surface area contributed by atoms with Crippen LogP contribution < -0.4 is 0 Å². The molecule has 1 heterocycles. The van der Waals surface area contributed by atoms with Gasteiger partial charge in [0.05, 0.1) is 0 Å². The molecule has 1 aliphatic rings. The van der Waals surface area contributed by atoms with Crippen molar-refractivity contribution in [1.29, 1.82) is 0 Å². The van der Waals surface area contributed by atoms with Gasteiger partial charge < -0.3 is 0 Å². The Morgan fingerprint density at radius 1 is 1.27 bits per heavy atom. The van der Waals surface area contributed by atoms with Gasteiger partial charge in [0.15, 0.2) is 0 Å². The molecule has 0 radical (unpaired) electrons. The van der Waals surface area contributed by atoms with E-state index in [1.807, 2.05) is 0 Å². The van der Waals surface area contributed by atoms with E-state index in [9.17, 15) is 0 Å². The van der Waals surface area contributed by atoms with Crippen molar-refractivity contribution in [3.8, 4) is 0 Å². The molecule has 0 atom stereocenters. The zero-order valence-corrected chi connectivity index (χ0v) is 10.0. The van der Waals surface area contributed by atoms with Gasteiger partial charge in [0.1, 0.15) is 0 Å². The molecule has 0 aromatic rings. The van der Waals surface area contributed by atoms with Gasteiger partial charge in [-0.3, -0.25) is 0 Å². The predicted octanol–water partition coefficient (Wildman–Crippen LogP) is 2.98. The Kier molecular flexibility index (Phi) is 4.12. The molecule has 1 aliphatic heterocycles. The van der Waals surface area contributed by atoms with E-state index in [0.29, 0.717) is 0 Å². The Morgan fingerprint density at radius 2 is 2.00 bits per heavy atom. The molecule has 0 saturated carbocycles. The third-order valence-corrected chi connectivity index (χ3v) is 7.72. The second-order valence-corrected chi connectivity index (χ2v) is 6.95. The van der Waals surface area contributed by atoms with Crippen LogP contribution in [0.2, 0.25) is 6.32 Å². The molecule has 0 amide bonds. The van der Waals surface area contributed by atoms with Crippen molar-refractivity contribution in [1.82, 2.24) is 0 Å². The Balaban J connectivity index is 2.70. The molecule has 0 saturated heterocycles. The molecule has 0 bridgehead atoms. The van der Waals surface area contributed by atoms with E-state index in [4.69, 9.17) is 0 Å². The molecule has 1 rings (SSSR count). The maximum absolute atomic E-state index is 2.31. The van der Waals surface area contributed by atoms with Gasteiger partial charge in [0.25, 0.3) is 0 Å². The van der Waals surface area contributed by atoms with Crippen molar-refractivity contribution in [3.63, 3.8) is 0 Å². The molecule has 0 spiro atoms. The van der Waals surface area contributed by atoms with Gasteiger partial charge in [-0.2, -0.15) is 0 Å². The standard InChI is InChI=1S/C8H15BSSe/c1-4-7-8(5-2)11-10-9(7)6-3/h4-6H2,1-3H3. The molecular weight excluding hydrogens is 218 g/mol. The molecule has 0 unspecified atom stereocenters. The van der Waals surface area contributed by atoms with Crippen LogP contribution in [0, 0.1) is 0 Å². The van der Waals surface area contributed by atoms with Crippen LogP contribution in [0.3, 0.4) is 0 Å². The molecule has 0 nitrogen and oxygen atoms in total. The third-order valence-electron chi connectivity index (χ3n) is 2.08. The Hall–Kier alpha value is 0.674. The quantitative estimate of drug-likeness (QED) is 0.675. The summed E-state index contributed by atoms with van der Waals surface area (Å²) in [6.45, 7) is 6.91. The van der Waals surface area contributed by atoms with E-state index in [1.165, 1.54) is 19.2 Å². The molecular formula is C8H15BSSe. The van der Waals surface area contributed by atoms with E-state index >= 15 is 0 Å². The molecule has 0 N–H and O–H groups in total. The van der Waals surface area contributed by atoms with Gasteiger partial charge in [-0.15, -0.1) is 0 Å². The first-order valence-corrected chi connectivity index (χ1v) is 8.14. The van der Waals surface area contributed by atoms with Crippen molar-refractivity contribution in [2.75, 3.05) is 0 Å². The first kappa shape index (κ1) is 9.76. The number of hydrogen-bond acceptors (Lipinski definition) is 1. The molecule has 62 valence electrons. The van der Waals surface area contributed by atoms with Gasteiger partial charge in [0.2, 0.25) is 0 Å². The van der Waals surface area contributed by atoms with Crippen LogP contribution in [-0.2, 0) is 0 Å². The fourth-order valence-electron chi connectivity index (χ4n) is 1.43. The Morgan fingerprint density at radius 3 is 2.45 bits per heavy atom. The van der Waals surface area contributed by atoms with Crippen LogP contribution in [0.15, 0.2) is 9.94 Å². The SMILES string of the molecule is CCB1S[Se]C(CC)=C1CC. The van der Waals surface area contributed by atoms with Crippen LogP contribution in [0.25, 0.3) is 0 Å². The van der Waals surface area contributed by atoms with E-state index in [0.717, 1.165) is 19.8 Å². The number of allylic oxidation sites excluding steroid dienone is 2. The van der Waals surface area contributed by atoms with E-state index in [-0.39, 0.29) is 0 Å². The van der Waals surface area contributed by atoms with Crippen LogP contribution in [-0.4, -0.2) is 19.8 Å². The van der Waals surface area contributed by atoms with Crippen molar-refractivity contribution in [2.24, 2.45) is 0 Å². The third kappa shape index (κ3) is 2.08. The number of rotatable bonds is 3. The van der Waals surface area contributed by atoms with E-state index in [1.54, 1.807) is 9.94 Å². The summed E-state index contributed by atoms with van der Waals surface area (Å²) < 4.78 is 1.79. The minimum atomic E-state index is 0.779. The predicted molar refractivity (Wildman–Crippen MR) is 57.2 cm³/mol. The zero-order valence-electron chi connectivity index (χ0n) is 7.52. The average molecular weight is 233 g/mol. The summed E-state index contributed by atoms with van der Waals surface area (Å²) in [5, 5.41) is 0. The summed E-state index contributed by atoms with van der Waals surface area (Å²) in [7, 11) is 2.20. The summed E-state index contributed by atoms with van der Waals surface area (Å²) in [6, 6.07) is 0.